The lowest BCUT2D eigenvalue weighted by molar-refractivity contribution is -0.249. The van der Waals surface area contributed by atoms with E-state index in [0.29, 0.717) is 11.3 Å². The second kappa shape index (κ2) is 10.6. The van der Waals surface area contributed by atoms with Crippen LogP contribution in [0, 0.1) is 17.8 Å². The molecule has 0 aromatic heterocycles. The maximum absolute atomic E-state index is 13.3. The Hall–Kier alpha value is -2.54. The van der Waals surface area contributed by atoms with Crippen LogP contribution in [-0.4, -0.2) is 38.0 Å². The first kappa shape index (κ1) is 26.7. The molecule has 33 heavy (non-hydrogen) atoms. The zero-order valence-corrected chi connectivity index (χ0v) is 19.8. The van der Waals surface area contributed by atoms with Crippen LogP contribution in [0.2, 0.25) is 0 Å². The van der Waals surface area contributed by atoms with Gasteiger partial charge in [-0.3, -0.25) is 9.62 Å². The van der Waals surface area contributed by atoms with Gasteiger partial charge in [0, 0.05) is 19.0 Å². The van der Waals surface area contributed by atoms with Crippen molar-refractivity contribution in [1.29, 1.82) is 0 Å². The molecule has 1 atom stereocenters. The SMILES string of the molecule is CC(C)CN(c1cccc(CC#CC(O)(NC(C)C)C(F)(F)F)c1)S(=O)(=O)c1ccccc1. The Kier molecular flexibility index (Phi) is 8.57. The summed E-state index contributed by atoms with van der Waals surface area (Å²) >= 11 is 0. The summed E-state index contributed by atoms with van der Waals surface area (Å²) in [6.45, 7) is 6.94. The molecule has 2 rings (SSSR count). The largest absolute Gasteiger partial charge is 0.443 e. The van der Waals surface area contributed by atoms with E-state index < -0.39 is 28.0 Å². The highest BCUT2D eigenvalue weighted by Crippen LogP contribution is 2.29. The summed E-state index contributed by atoms with van der Waals surface area (Å²) in [7, 11) is -3.84. The summed E-state index contributed by atoms with van der Waals surface area (Å²) in [5.41, 5.74) is -2.43. The minimum absolute atomic E-state index is 0.0239. The van der Waals surface area contributed by atoms with E-state index in [2.05, 4.69) is 5.92 Å². The summed E-state index contributed by atoms with van der Waals surface area (Å²) in [5.74, 6) is 4.30. The molecule has 0 aliphatic heterocycles. The van der Waals surface area contributed by atoms with Crippen LogP contribution in [0.1, 0.15) is 33.3 Å². The predicted octanol–water partition coefficient (Wildman–Crippen LogP) is 4.33. The molecule has 0 saturated heterocycles. The van der Waals surface area contributed by atoms with Crippen LogP contribution in [0.3, 0.4) is 0 Å². The van der Waals surface area contributed by atoms with Crippen LogP contribution in [0.4, 0.5) is 18.9 Å². The normalized spacial score (nSPS) is 14.0. The van der Waals surface area contributed by atoms with Crippen LogP contribution in [0.25, 0.3) is 0 Å². The van der Waals surface area contributed by atoms with E-state index in [9.17, 15) is 26.7 Å². The van der Waals surface area contributed by atoms with E-state index in [1.54, 1.807) is 42.5 Å². The average Bonchev–Trinajstić information content (AvgIpc) is 2.71. The zero-order chi connectivity index (χ0) is 24.9. The molecule has 0 fully saturated rings. The zero-order valence-electron chi connectivity index (χ0n) is 19.0. The number of aliphatic hydroxyl groups is 1. The van der Waals surface area contributed by atoms with Gasteiger partial charge in [-0.2, -0.15) is 13.2 Å². The topological polar surface area (TPSA) is 69.6 Å². The van der Waals surface area contributed by atoms with Gasteiger partial charge in [-0.25, -0.2) is 8.42 Å². The van der Waals surface area contributed by atoms with Crippen molar-refractivity contribution < 1.29 is 26.7 Å². The van der Waals surface area contributed by atoms with Gasteiger partial charge in [-0.05, 0) is 55.5 Å². The number of hydrogen-bond acceptors (Lipinski definition) is 4. The maximum atomic E-state index is 13.3. The van der Waals surface area contributed by atoms with E-state index in [0.717, 1.165) is 0 Å². The molecule has 180 valence electrons. The smallest absolute Gasteiger partial charge is 0.358 e. The molecule has 0 heterocycles. The van der Waals surface area contributed by atoms with Crippen molar-refractivity contribution in [3.05, 3.63) is 60.2 Å². The standard InChI is InChI=1S/C24H29F3N2O3S/c1-18(2)17-29(33(31,32)22-13-6-5-7-14-22)21-12-8-10-20(16-21)11-9-15-23(30,24(25,26)27)28-19(3)4/h5-8,10,12-14,16,18-19,28,30H,11,17H2,1-4H3. The Labute approximate surface area is 193 Å². The second-order valence-corrected chi connectivity index (χ2v) is 10.3. The van der Waals surface area contributed by atoms with Crippen molar-refractivity contribution in [2.75, 3.05) is 10.8 Å². The number of alkyl halides is 3. The predicted molar refractivity (Wildman–Crippen MR) is 123 cm³/mol. The number of nitrogens with zero attached hydrogens (tertiary/aromatic N) is 1. The van der Waals surface area contributed by atoms with Gasteiger partial charge in [0.1, 0.15) is 0 Å². The van der Waals surface area contributed by atoms with E-state index in [4.69, 9.17) is 0 Å². The van der Waals surface area contributed by atoms with Gasteiger partial charge in [0.25, 0.3) is 15.7 Å². The third kappa shape index (κ3) is 6.97. The van der Waals surface area contributed by atoms with E-state index in [-0.39, 0.29) is 23.8 Å². The molecule has 0 saturated carbocycles. The number of hydrogen-bond donors (Lipinski definition) is 2. The number of anilines is 1. The van der Waals surface area contributed by atoms with Crippen molar-refractivity contribution in [3.63, 3.8) is 0 Å². The first-order valence-corrected chi connectivity index (χ1v) is 11.9. The van der Waals surface area contributed by atoms with E-state index >= 15 is 0 Å². The lowest BCUT2D eigenvalue weighted by Crippen LogP contribution is -2.58. The van der Waals surface area contributed by atoms with E-state index in [1.807, 2.05) is 25.1 Å². The number of benzene rings is 2. The fourth-order valence-electron chi connectivity index (χ4n) is 3.10. The third-order valence-electron chi connectivity index (χ3n) is 4.53. The van der Waals surface area contributed by atoms with Gasteiger partial charge in [-0.15, -0.1) is 0 Å². The Morgan fingerprint density at radius 3 is 2.21 bits per heavy atom. The first-order valence-electron chi connectivity index (χ1n) is 10.5. The van der Waals surface area contributed by atoms with Gasteiger partial charge < -0.3 is 5.11 Å². The first-order chi connectivity index (χ1) is 15.3. The van der Waals surface area contributed by atoms with Crippen molar-refractivity contribution in [2.24, 2.45) is 5.92 Å². The molecule has 9 heteroatoms. The fourth-order valence-corrected chi connectivity index (χ4v) is 4.74. The molecule has 0 spiro atoms. The fraction of sp³-hybridized carbons (Fsp3) is 0.417. The lowest BCUT2D eigenvalue weighted by atomic mass is 10.1. The molecule has 2 N–H and O–H groups in total. The van der Waals surface area contributed by atoms with E-state index in [1.165, 1.54) is 30.3 Å². The van der Waals surface area contributed by atoms with Gasteiger partial charge in [0.15, 0.2) is 0 Å². The minimum Gasteiger partial charge on any atom is -0.358 e. The Bertz CT molecular complexity index is 1090. The number of rotatable bonds is 8. The molecule has 2 aromatic rings. The summed E-state index contributed by atoms with van der Waals surface area (Å²) in [5, 5.41) is 12.0. The summed E-state index contributed by atoms with van der Waals surface area (Å²) in [6.07, 6.45) is -5.09. The molecule has 0 aliphatic rings. The van der Waals surface area contributed by atoms with Crippen molar-refractivity contribution in [1.82, 2.24) is 5.32 Å². The van der Waals surface area contributed by atoms with Gasteiger partial charge in [-0.1, -0.05) is 50.1 Å². The Balaban J connectivity index is 2.38. The highest BCUT2D eigenvalue weighted by molar-refractivity contribution is 7.92. The molecular formula is C24H29F3N2O3S. The van der Waals surface area contributed by atoms with Crippen LogP contribution in [0.15, 0.2) is 59.5 Å². The molecule has 0 amide bonds. The highest BCUT2D eigenvalue weighted by atomic mass is 32.2. The van der Waals surface area contributed by atoms with Crippen molar-refractivity contribution in [2.45, 2.75) is 57.0 Å². The van der Waals surface area contributed by atoms with Crippen molar-refractivity contribution >= 4 is 15.7 Å². The van der Waals surface area contributed by atoms with Crippen molar-refractivity contribution in [3.8, 4) is 11.8 Å². The third-order valence-corrected chi connectivity index (χ3v) is 6.34. The molecular weight excluding hydrogens is 453 g/mol. The molecule has 0 aliphatic carbocycles. The summed E-state index contributed by atoms with van der Waals surface area (Å²) < 4.78 is 67.7. The molecule has 0 bridgehead atoms. The lowest BCUT2D eigenvalue weighted by Gasteiger charge is -2.28. The number of sulfonamides is 1. The van der Waals surface area contributed by atoms with Crippen LogP contribution >= 0.6 is 0 Å². The number of halogens is 3. The minimum atomic E-state index is -4.98. The monoisotopic (exact) mass is 482 g/mol. The quantitative estimate of drug-likeness (QED) is 0.434. The molecule has 2 aromatic carbocycles. The summed E-state index contributed by atoms with van der Waals surface area (Å²) in [6, 6.07) is 13.9. The molecule has 1 unspecified atom stereocenters. The summed E-state index contributed by atoms with van der Waals surface area (Å²) in [4.78, 5) is 0.144. The highest BCUT2D eigenvalue weighted by Gasteiger charge is 2.53. The maximum Gasteiger partial charge on any atom is 0.443 e. The Morgan fingerprint density at radius 2 is 1.67 bits per heavy atom. The van der Waals surface area contributed by atoms with Gasteiger partial charge in [0.2, 0.25) is 0 Å². The average molecular weight is 483 g/mol. The van der Waals surface area contributed by atoms with Crippen LogP contribution in [0.5, 0.6) is 0 Å². The number of nitrogens with one attached hydrogen (secondary N) is 1. The van der Waals surface area contributed by atoms with Crippen LogP contribution < -0.4 is 9.62 Å². The van der Waals surface area contributed by atoms with Gasteiger partial charge >= 0.3 is 6.18 Å². The molecule has 0 radical (unpaired) electrons. The second-order valence-electron chi connectivity index (χ2n) is 8.40. The molecule has 5 nitrogen and oxygen atoms in total. The van der Waals surface area contributed by atoms with Crippen LogP contribution in [-0.2, 0) is 16.4 Å². The van der Waals surface area contributed by atoms with Gasteiger partial charge in [0.05, 0.1) is 10.6 Å². The Morgan fingerprint density at radius 1 is 1.03 bits per heavy atom.